The molecule has 3 aromatic rings. The number of amides is 1. The zero-order valence-electron chi connectivity index (χ0n) is 13.5. The van der Waals surface area contributed by atoms with Gasteiger partial charge in [0, 0.05) is 0 Å². The van der Waals surface area contributed by atoms with Crippen LogP contribution in [0, 0.1) is 12.7 Å². The molecule has 7 nitrogen and oxygen atoms in total. The number of benzene rings is 1. The Bertz CT molecular complexity index is 971. The summed E-state index contributed by atoms with van der Waals surface area (Å²) in [6.45, 7) is 2.46. The van der Waals surface area contributed by atoms with E-state index in [4.69, 9.17) is 4.74 Å². The SMILES string of the molecule is Cc1nn(-c2ccc(F)cc2)c2n[nH]c(NC(=O)C3=COCCC3)c12. The lowest BCUT2D eigenvalue weighted by molar-refractivity contribution is -0.113. The van der Waals surface area contributed by atoms with E-state index in [1.165, 1.54) is 18.4 Å². The summed E-state index contributed by atoms with van der Waals surface area (Å²) >= 11 is 0. The number of ether oxygens (including phenoxy) is 1. The number of anilines is 1. The molecule has 3 heterocycles. The lowest BCUT2D eigenvalue weighted by Crippen LogP contribution is -2.17. The van der Waals surface area contributed by atoms with E-state index < -0.39 is 0 Å². The Morgan fingerprint density at radius 2 is 2.16 bits per heavy atom. The Hall–Kier alpha value is -3.16. The van der Waals surface area contributed by atoms with Crippen LogP contribution in [0.4, 0.5) is 10.2 Å². The molecular weight excluding hydrogens is 325 g/mol. The number of carbonyl (C=O) groups excluding carboxylic acids is 1. The first kappa shape index (κ1) is 15.4. The van der Waals surface area contributed by atoms with Crippen molar-refractivity contribution in [2.45, 2.75) is 19.8 Å². The minimum absolute atomic E-state index is 0.223. The zero-order chi connectivity index (χ0) is 17.4. The first-order chi connectivity index (χ1) is 12.1. The number of nitrogens with zero attached hydrogens (tertiary/aromatic N) is 3. The molecule has 0 fully saturated rings. The summed E-state index contributed by atoms with van der Waals surface area (Å²) < 4.78 is 20.0. The van der Waals surface area contributed by atoms with Crippen LogP contribution in [-0.2, 0) is 9.53 Å². The van der Waals surface area contributed by atoms with Crippen LogP contribution in [0.15, 0.2) is 36.1 Å². The Labute approximate surface area is 142 Å². The van der Waals surface area contributed by atoms with Gasteiger partial charge in [0.2, 0.25) is 0 Å². The van der Waals surface area contributed by atoms with Crippen LogP contribution in [-0.4, -0.2) is 32.5 Å². The third-order valence-corrected chi connectivity index (χ3v) is 4.09. The van der Waals surface area contributed by atoms with Crippen molar-refractivity contribution < 1.29 is 13.9 Å². The first-order valence-corrected chi connectivity index (χ1v) is 7.95. The van der Waals surface area contributed by atoms with E-state index in [9.17, 15) is 9.18 Å². The molecule has 1 aliphatic heterocycles. The quantitative estimate of drug-likeness (QED) is 0.767. The molecule has 2 N–H and O–H groups in total. The van der Waals surface area contributed by atoms with Crippen LogP contribution in [0.3, 0.4) is 0 Å². The normalized spacial score (nSPS) is 14.2. The second kappa shape index (κ2) is 6.04. The van der Waals surface area contributed by atoms with Gasteiger partial charge in [0.05, 0.1) is 35.2 Å². The highest BCUT2D eigenvalue weighted by Crippen LogP contribution is 2.27. The van der Waals surface area contributed by atoms with Crippen molar-refractivity contribution in [3.8, 4) is 5.69 Å². The molecule has 0 bridgehead atoms. The van der Waals surface area contributed by atoms with Gasteiger partial charge < -0.3 is 10.1 Å². The van der Waals surface area contributed by atoms with E-state index >= 15 is 0 Å². The van der Waals surface area contributed by atoms with Crippen LogP contribution < -0.4 is 5.32 Å². The number of hydrogen-bond donors (Lipinski definition) is 2. The fraction of sp³-hybridized carbons (Fsp3) is 0.235. The number of aromatic amines is 1. The number of aromatic nitrogens is 4. The summed E-state index contributed by atoms with van der Waals surface area (Å²) in [6.07, 6.45) is 3.00. The molecule has 0 unspecified atom stereocenters. The Morgan fingerprint density at radius 1 is 1.36 bits per heavy atom. The minimum Gasteiger partial charge on any atom is -0.501 e. The van der Waals surface area contributed by atoms with Crippen molar-refractivity contribution in [3.63, 3.8) is 0 Å². The van der Waals surface area contributed by atoms with E-state index in [1.807, 2.05) is 6.92 Å². The van der Waals surface area contributed by atoms with Gasteiger partial charge in [-0.25, -0.2) is 9.07 Å². The summed E-state index contributed by atoms with van der Waals surface area (Å²) in [5.74, 6) is -0.0571. The van der Waals surface area contributed by atoms with E-state index in [2.05, 4.69) is 20.6 Å². The lowest BCUT2D eigenvalue weighted by atomic mass is 10.1. The lowest BCUT2D eigenvalue weighted by Gasteiger charge is -2.12. The summed E-state index contributed by atoms with van der Waals surface area (Å²) in [5, 5.41) is 15.1. The van der Waals surface area contributed by atoms with Gasteiger partial charge in [-0.05, 0) is 44.0 Å². The maximum atomic E-state index is 13.1. The van der Waals surface area contributed by atoms with Gasteiger partial charge in [0.15, 0.2) is 5.65 Å². The van der Waals surface area contributed by atoms with Gasteiger partial charge in [-0.3, -0.25) is 9.89 Å². The summed E-state index contributed by atoms with van der Waals surface area (Å²) in [5.41, 5.74) is 2.55. The standard InChI is InChI=1S/C17H16FN5O2/c1-10-14-15(19-17(24)11-3-2-8-25-9-11)20-21-16(14)23(22-10)13-6-4-12(18)5-7-13/h4-7,9H,2-3,8H2,1H3,(H2,19,20,21,24). The van der Waals surface area contributed by atoms with Crippen LogP contribution in [0.5, 0.6) is 0 Å². The fourth-order valence-electron chi connectivity index (χ4n) is 2.85. The molecule has 128 valence electrons. The van der Waals surface area contributed by atoms with E-state index in [-0.39, 0.29) is 11.7 Å². The number of halogens is 1. The smallest absolute Gasteiger partial charge is 0.255 e. The van der Waals surface area contributed by atoms with E-state index in [1.54, 1.807) is 16.8 Å². The first-order valence-electron chi connectivity index (χ1n) is 7.95. The molecule has 0 saturated heterocycles. The minimum atomic E-state index is -0.318. The van der Waals surface area contributed by atoms with Gasteiger partial charge in [-0.1, -0.05) is 0 Å². The Morgan fingerprint density at radius 3 is 2.88 bits per heavy atom. The van der Waals surface area contributed by atoms with Crippen LogP contribution in [0.25, 0.3) is 16.7 Å². The zero-order valence-corrected chi connectivity index (χ0v) is 13.5. The number of aryl methyl sites for hydroxylation is 1. The molecule has 0 saturated carbocycles. The maximum Gasteiger partial charge on any atom is 0.255 e. The molecule has 0 spiro atoms. The van der Waals surface area contributed by atoms with E-state index in [0.29, 0.717) is 41.4 Å². The van der Waals surface area contributed by atoms with Gasteiger partial charge in [0.1, 0.15) is 11.6 Å². The highest BCUT2D eigenvalue weighted by Gasteiger charge is 2.20. The number of hydrogen-bond acceptors (Lipinski definition) is 4. The molecule has 0 aliphatic carbocycles. The average molecular weight is 341 g/mol. The van der Waals surface area contributed by atoms with Gasteiger partial charge in [-0.15, -0.1) is 0 Å². The Kier molecular flexibility index (Phi) is 3.72. The number of carbonyl (C=O) groups is 1. The summed E-state index contributed by atoms with van der Waals surface area (Å²) in [7, 11) is 0. The molecule has 1 aliphatic rings. The predicted molar refractivity (Wildman–Crippen MR) is 89.8 cm³/mol. The van der Waals surface area contributed by atoms with Crippen molar-refractivity contribution in [2.24, 2.45) is 0 Å². The number of fused-ring (bicyclic) bond motifs is 1. The van der Waals surface area contributed by atoms with Crippen molar-refractivity contribution >= 4 is 22.8 Å². The van der Waals surface area contributed by atoms with Crippen LogP contribution in [0.1, 0.15) is 18.5 Å². The summed E-state index contributed by atoms with van der Waals surface area (Å²) in [6, 6.07) is 5.97. The molecule has 1 amide bonds. The molecule has 0 atom stereocenters. The van der Waals surface area contributed by atoms with Crippen molar-refractivity contribution in [1.82, 2.24) is 20.0 Å². The molecule has 8 heteroatoms. The molecular formula is C17H16FN5O2. The highest BCUT2D eigenvalue weighted by atomic mass is 19.1. The van der Waals surface area contributed by atoms with Crippen molar-refractivity contribution in [3.05, 3.63) is 47.6 Å². The molecule has 0 radical (unpaired) electrons. The Balaban J connectivity index is 1.69. The second-order valence-corrected chi connectivity index (χ2v) is 5.84. The topological polar surface area (TPSA) is 84.8 Å². The van der Waals surface area contributed by atoms with Gasteiger partial charge in [-0.2, -0.15) is 10.2 Å². The number of rotatable bonds is 3. The summed E-state index contributed by atoms with van der Waals surface area (Å²) in [4.78, 5) is 12.4. The monoisotopic (exact) mass is 341 g/mol. The van der Waals surface area contributed by atoms with Crippen LogP contribution >= 0.6 is 0 Å². The predicted octanol–water partition coefficient (Wildman–Crippen LogP) is 2.83. The highest BCUT2D eigenvalue weighted by molar-refractivity contribution is 6.07. The number of H-pyrrole nitrogens is 1. The third kappa shape index (κ3) is 2.75. The second-order valence-electron chi connectivity index (χ2n) is 5.84. The van der Waals surface area contributed by atoms with Crippen LogP contribution in [0.2, 0.25) is 0 Å². The largest absolute Gasteiger partial charge is 0.501 e. The molecule has 1 aromatic carbocycles. The molecule has 2 aromatic heterocycles. The average Bonchev–Trinajstić information content (AvgIpc) is 3.18. The fourth-order valence-corrected chi connectivity index (χ4v) is 2.85. The number of nitrogens with one attached hydrogen (secondary N) is 2. The van der Waals surface area contributed by atoms with Crippen molar-refractivity contribution in [2.75, 3.05) is 11.9 Å². The maximum absolute atomic E-state index is 13.1. The van der Waals surface area contributed by atoms with Gasteiger partial charge >= 0.3 is 0 Å². The van der Waals surface area contributed by atoms with Crippen molar-refractivity contribution in [1.29, 1.82) is 0 Å². The third-order valence-electron chi connectivity index (χ3n) is 4.09. The van der Waals surface area contributed by atoms with Gasteiger partial charge in [0.25, 0.3) is 5.91 Å². The van der Waals surface area contributed by atoms with E-state index in [0.717, 1.165) is 11.8 Å². The molecule has 4 rings (SSSR count). The molecule has 25 heavy (non-hydrogen) atoms.